The first-order valence-corrected chi connectivity index (χ1v) is 9.06. The number of amides is 2. The third-order valence-corrected chi connectivity index (χ3v) is 5.10. The van der Waals surface area contributed by atoms with Gasteiger partial charge in [0.25, 0.3) is 5.91 Å². The fourth-order valence-electron chi connectivity index (χ4n) is 2.10. The molecule has 0 radical (unpaired) electrons. The molecule has 1 heterocycles. The summed E-state index contributed by atoms with van der Waals surface area (Å²) in [7, 11) is 0. The van der Waals surface area contributed by atoms with Crippen LogP contribution in [0.4, 0.5) is 10.7 Å². The predicted molar refractivity (Wildman–Crippen MR) is 103 cm³/mol. The summed E-state index contributed by atoms with van der Waals surface area (Å²) in [5.41, 5.74) is 1.26. The van der Waals surface area contributed by atoms with Gasteiger partial charge in [-0.2, -0.15) is 0 Å². The minimum atomic E-state index is -0.692. The third kappa shape index (κ3) is 4.97. The third-order valence-electron chi connectivity index (χ3n) is 3.42. The Bertz CT molecular complexity index is 880. The Morgan fingerprint density at radius 1 is 1.15 bits per heavy atom. The lowest BCUT2D eigenvalue weighted by Crippen LogP contribution is -2.22. The summed E-state index contributed by atoms with van der Waals surface area (Å²) in [6.45, 7) is 4.42. The second-order valence-electron chi connectivity index (χ2n) is 5.42. The van der Waals surface area contributed by atoms with E-state index in [0.717, 1.165) is 4.88 Å². The van der Waals surface area contributed by atoms with E-state index in [9.17, 15) is 14.4 Å². The Morgan fingerprint density at radius 2 is 1.85 bits per heavy atom. The molecule has 1 aromatic carbocycles. The van der Waals surface area contributed by atoms with Gasteiger partial charge in [0.2, 0.25) is 5.91 Å². The van der Waals surface area contributed by atoms with Crippen molar-refractivity contribution in [1.82, 2.24) is 0 Å². The van der Waals surface area contributed by atoms with Crippen molar-refractivity contribution < 1.29 is 19.1 Å². The molecule has 0 saturated carbocycles. The maximum absolute atomic E-state index is 12.4. The lowest BCUT2D eigenvalue weighted by Gasteiger charge is -2.09. The fourth-order valence-corrected chi connectivity index (χ4v) is 3.54. The lowest BCUT2D eigenvalue weighted by atomic mass is 10.1. The second-order valence-corrected chi connectivity index (χ2v) is 7.49. The molecule has 2 rings (SSSR count). The van der Waals surface area contributed by atoms with Gasteiger partial charge in [0, 0.05) is 16.8 Å². The highest BCUT2D eigenvalue weighted by Crippen LogP contribution is 2.33. The molecule has 0 aliphatic carbocycles. The van der Waals surface area contributed by atoms with Crippen molar-refractivity contribution in [3.63, 3.8) is 0 Å². The first-order valence-electron chi connectivity index (χ1n) is 7.48. The highest BCUT2D eigenvalue weighted by atomic mass is 35.5. The zero-order chi connectivity index (χ0) is 19.4. The number of nitrogens with one attached hydrogen (secondary N) is 2. The van der Waals surface area contributed by atoms with Crippen molar-refractivity contribution in [2.75, 3.05) is 17.2 Å². The summed E-state index contributed by atoms with van der Waals surface area (Å²) in [6, 6.07) is 4.62. The van der Waals surface area contributed by atoms with Crippen molar-refractivity contribution in [1.29, 1.82) is 0 Å². The monoisotopic (exact) mass is 414 g/mol. The number of carbonyl (C=O) groups is 3. The van der Waals surface area contributed by atoms with E-state index in [1.165, 1.54) is 24.3 Å². The molecule has 0 bridgehead atoms. The number of rotatable bonds is 5. The molecule has 138 valence electrons. The number of hydrogen-bond acceptors (Lipinski definition) is 5. The largest absolute Gasteiger partial charge is 0.452 e. The van der Waals surface area contributed by atoms with E-state index in [1.54, 1.807) is 19.1 Å². The molecular weight excluding hydrogens is 399 g/mol. The number of hydrogen-bond donors (Lipinski definition) is 2. The van der Waals surface area contributed by atoms with Gasteiger partial charge in [0.15, 0.2) is 6.61 Å². The van der Waals surface area contributed by atoms with Crippen molar-refractivity contribution in [3.05, 3.63) is 44.2 Å². The number of anilines is 2. The van der Waals surface area contributed by atoms with Crippen LogP contribution in [-0.4, -0.2) is 24.4 Å². The Hall–Kier alpha value is -2.09. The summed E-state index contributed by atoms with van der Waals surface area (Å²) in [5, 5.41) is 6.25. The second kappa shape index (κ2) is 8.53. The van der Waals surface area contributed by atoms with Gasteiger partial charge < -0.3 is 15.4 Å². The summed E-state index contributed by atoms with van der Waals surface area (Å²) in [4.78, 5) is 36.5. The average Bonchev–Trinajstić information content (AvgIpc) is 2.82. The van der Waals surface area contributed by atoms with Crippen molar-refractivity contribution >= 4 is 63.0 Å². The molecule has 2 aromatic rings. The molecule has 2 amide bonds. The quantitative estimate of drug-likeness (QED) is 0.708. The summed E-state index contributed by atoms with van der Waals surface area (Å²) in [6.07, 6.45) is 0. The average molecular weight is 415 g/mol. The molecule has 6 nitrogen and oxygen atoms in total. The maximum atomic E-state index is 12.4. The summed E-state index contributed by atoms with van der Waals surface area (Å²) < 4.78 is 5.08. The van der Waals surface area contributed by atoms with Gasteiger partial charge in [-0.3, -0.25) is 9.59 Å². The Labute approximate surface area is 164 Å². The van der Waals surface area contributed by atoms with Gasteiger partial charge in [-0.15, -0.1) is 11.3 Å². The van der Waals surface area contributed by atoms with Crippen molar-refractivity contribution in [3.8, 4) is 0 Å². The van der Waals surface area contributed by atoms with Crippen molar-refractivity contribution in [2.45, 2.75) is 20.8 Å². The number of esters is 1. The van der Waals surface area contributed by atoms with Crippen molar-refractivity contribution in [2.24, 2.45) is 0 Å². The highest BCUT2D eigenvalue weighted by molar-refractivity contribution is 7.16. The number of thiophene rings is 1. The zero-order valence-corrected chi connectivity index (χ0v) is 16.6. The van der Waals surface area contributed by atoms with Gasteiger partial charge in [-0.25, -0.2) is 4.79 Å². The Kier molecular flexibility index (Phi) is 6.63. The maximum Gasteiger partial charge on any atom is 0.341 e. The van der Waals surface area contributed by atoms with E-state index in [2.05, 4.69) is 10.6 Å². The van der Waals surface area contributed by atoms with Crippen LogP contribution in [0.3, 0.4) is 0 Å². The molecule has 0 atom stereocenters. The minimum absolute atomic E-state index is 0.247. The number of halogens is 2. The van der Waals surface area contributed by atoms with Crippen LogP contribution in [0.5, 0.6) is 0 Å². The van der Waals surface area contributed by atoms with E-state index in [0.29, 0.717) is 26.3 Å². The molecular formula is C17H16Cl2N2O4S. The van der Waals surface area contributed by atoms with Crippen LogP contribution in [0.15, 0.2) is 18.2 Å². The molecule has 0 spiro atoms. The molecule has 0 unspecified atom stereocenters. The number of ether oxygens (including phenoxy) is 1. The smallest absolute Gasteiger partial charge is 0.341 e. The van der Waals surface area contributed by atoms with E-state index in [1.807, 2.05) is 6.92 Å². The fraction of sp³-hybridized carbons (Fsp3) is 0.235. The molecule has 1 aromatic heterocycles. The SMILES string of the molecule is CC(=O)Nc1sc(C)c(C)c1C(=O)OCC(=O)Nc1cc(Cl)ccc1Cl. The van der Waals surface area contributed by atoms with Gasteiger partial charge in [-0.1, -0.05) is 23.2 Å². The van der Waals surface area contributed by atoms with Gasteiger partial charge >= 0.3 is 5.97 Å². The van der Waals surface area contributed by atoms with Crippen LogP contribution >= 0.6 is 34.5 Å². The van der Waals surface area contributed by atoms with E-state index in [-0.39, 0.29) is 11.5 Å². The van der Waals surface area contributed by atoms with E-state index < -0.39 is 18.5 Å². The standard InChI is InChI=1S/C17H16Cl2N2O4S/c1-8-9(2)26-16(20-10(3)22)15(8)17(24)25-7-14(23)21-13-6-11(18)4-5-12(13)19/h4-6H,7H2,1-3H3,(H,20,22)(H,21,23). The van der Waals surface area contributed by atoms with Crippen LogP contribution in [0.1, 0.15) is 27.7 Å². The zero-order valence-electron chi connectivity index (χ0n) is 14.2. The molecule has 26 heavy (non-hydrogen) atoms. The van der Waals surface area contributed by atoms with Gasteiger partial charge in [-0.05, 0) is 37.6 Å². The first-order chi connectivity index (χ1) is 12.2. The van der Waals surface area contributed by atoms with Crippen LogP contribution < -0.4 is 10.6 Å². The molecule has 2 N–H and O–H groups in total. The molecule has 0 aliphatic heterocycles. The highest BCUT2D eigenvalue weighted by Gasteiger charge is 2.22. The number of aryl methyl sites for hydroxylation is 1. The molecule has 0 fully saturated rings. The topological polar surface area (TPSA) is 84.5 Å². The van der Waals surface area contributed by atoms with E-state index in [4.69, 9.17) is 27.9 Å². The van der Waals surface area contributed by atoms with Crippen LogP contribution in [0, 0.1) is 13.8 Å². The first kappa shape index (κ1) is 20.2. The lowest BCUT2D eigenvalue weighted by molar-refractivity contribution is -0.119. The summed E-state index contributed by atoms with van der Waals surface area (Å²) in [5.74, 6) is -1.55. The van der Waals surface area contributed by atoms with Crippen LogP contribution in [0.2, 0.25) is 10.0 Å². The Morgan fingerprint density at radius 3 is 2.50 bits per heavy atom. The number of carbonyl (C=O) groups excluding carboxylic acids is 3. The van der Waals surface area contributed by atoms with Gasteiger partial charge in [0.05, 0.1) is 16.3 Å². The molecule has 0 aliphatic rings. The van der Waals surface area contributed by atoms with Crippen LogP contribution in [-0.2, 0) is 14.3 Å². The van der Waals surface area contributed by atoms with Gasteiger partial charge in [0.1, 0.15) is 5.00 Å². The molecule has 9 heteroatoms. The van der Waals surface area contributed by atoms with E-state index >= 15 is 0 Å². The summed E-state index contributed by atoms with van der Waals surface area (Å²) >= 11 is 13.1. The van der Waals surface area contributed by atoms with Crippen LogP contribution in [0.25, 0.3) is 0 Å². The predicted octanol–water partition coefficient (Wildman–Crippen LogP) is 4.43. The Balaban J connectivity index is 2.05. The molecule has 0 saturated heterocycles. The normalized spacial score (nSPS) is 10.3. The number of benzene rings is 1. The minimum Gasteiger partial charge on any atom is -0.452 e.